The molecule has 0 saturated heterocycles. The Morgan fingerprint density at radius 1 is 1.54 bits per heavy atom. The van der Waals surface area contributed by atoms with Crippen LogP contribution in [0.15, 0.2) is 12.1 Å². The SMILES string of the molecule is CCCc1ccc([C@@H](CO)NC)s1. The predicted molar refractivity (Wildman–Crippen MR) is 57.2 cm³/mol. The number of aryl methyl sites for hydroxylation is 1. The molecule has 1 rings (SSSR count). The Kier molecular flexibility index (Phi) is 4.42. The monoisotopic (exact) mass is 199 g/mol. The average Bonchev–Trinajstić information content (AvgIpc) is 2.56. The Labute approximate surface area is 83.6 Å². The summed E-state index contributed by atoms with van der Waals surface area (Å²) in [5.41, 5.74) is 0. The molecular weight excluding hydrogens is 182 g/mol. The molecule has 1 atom stereocenters. The maximum Gasteiger partial charge on any atom is 0.0647 e. The number of hydrogen-bond donors (Lipinski definition) is 2. The van der Waals surface area contributed by atoms with Crippen molar-refractivity contribution in [1.29, 1.82) is 0 Å². The third-order valence-corrected chi connectivity index (χ3v) is 3.31. The van der Waals surface area contributed by atoms with Crippen LogP contribution in [0.1, 0.15) is 29.1 Å². The zero-order valence-electron chi connectivity index (χ0n) is 8.21. The molecule has 0 amide bonds. The van der Waals surface area contributed by atoms with Crippen molar-refractivity contribution in [2.45, 2.75) is 25.8 Å². The summed E-state index contributed by atoms with van der Waals surface area (Å²) in [6, 6.07) is 4.37. The first kappa shape index (κ1) is 10.7. The summed E-state index contributed by atoms with van der Waals surface area (Å²) in [6.07, 6.45) is 2.33. The molecule has 3 heteroatoms. The number of hydrogen-bond acceptors (Lipinski definition) is 3. The van der Waals surface area contributed by atoms with Crippen LogP contribution >= 0.6 is 11.3 Å². The van der Waals surface area contributed by atoms with E-state index in [1.807, 2.05) is 7.05 Å². The molecule has 0 radical (unpaired) electrons. The molecule has 74 valence electrons. The third-order valence-electron chi connectivity index (χ3n) is 2.05. The van der Waals surface area contributed by atoms with Gasteiger partial charge in [-0.2, -0.15) is 0 Å². The van der Waals surface area contributed by atoms with E-state index in [1.54, 1.807) is 11.3 Å². The van der Waals surface area contributed by atoms with E-state index in [0.29, 0.717) is 0 Å². The lowest BCUT2D eigenvalue weighted by molar-refractivity contribution is 0.253. The molecule has 0 bridgehead atoms. The quantitative estimate of drug-likeness (QED) is 0.759. The number of rotatable bonds is 5. The predicted octanol–water partition coefficient (Wildman–Crippen LogP) is 1.95. The van der Waals surface area contributed by atoms with Crippen molar-refractivity contribution in [2.24, 2.45) is 0 Å². The maximum atomic E-state index is 9.06. The average molecular weight is 199 g/mol. The highest BCUT2D eigenvalue weighted by Gasteiger charge is 2.09. The highest BCUT2D eigenvalue weighted by atomic mass is 32.1. The van der Waals surface area contributed by atoms with Crippen LogP contribution < -0.4 is 5.32 Å². The van der Waals surface area contributed by atoms with Crippen molar-refractivity contribution in [3.05, 3.63) is 21.9 Å². The highest BCUT2D eigenvalue weighted by Crippen LogP contribution is 2.23. The largest absolute Gasteiger partial charge is 0.394 e. The van der Waals surface area contributed by atoms with Crippen molar-refractivity contribution < 1.29 is 5.11 Å². The Morgan fingerprint density at radius 3 is 2.85 bits per heavy atom. The van der Waals surface area contributed by atoms with E-state index >= 15 is 0 Å². The lowest BCUT2D eigenvalue weighted by atomic mass is 10.2. The van der Waals surface area contributed by atoms with Crippen LogP contribution in [0.25, 0.3) is 0 Å². The number of aliphatic hydroxyl groups excluding tert-OH is 1. The molecule has 2 nitrogen and oxygen atoms in total. The van der Waals surface area contributed by atoms with Crippen molar-refractivity contribution in [3.8, 4) is 0 Å². The van der Waals surface area contributed by atoms with Crippen LogP contribution in [0.2, 0.25) is 0 Å². The zero-order valence-corrected chi connectivity index (χ0v) is 9.03. The summed E-state index contributed by atoms with van der Waals surface area (Å²) >= 11 is 1.79. The minimum Gasteiger partial charge on any atom is -0.394 e. The molecule has 2 N–H and O–H groups in total. The van der Waals surface area contributed by atoms with Crippen molar-refractivity contribution in [2.75, 3.05) is 13.7 Å². The number of likely N-dealkylation sites (N-methyl/N-ethyl adjacent to an activating group) is 1. The van der Waals surface area contributed by atoms with Crippen LogP contribution in [0, 0.1) is 0 Å². The second-order valence-electron chi connectivity index (χ2n) is 3.08. The molecule has 1 aromatic rings. The standard InChI is InChI=1S/C10H17NOS/c1-3-4-8-5-6-10(13-8)9(7-12)11-2/h5-6,9,11-12H,3-4,7H2,1-2H3/t9-/m1/s1. The maximum absolute atomic E-state index is 9.06. The van der Waals surface area contributed by atoms with E-state index in [4.69, 9.17) is 5.11 Å². The van der Waals surface area contributed by atoms with Gasteiger partial charge in [0.05, 0.1) is 12.6 Å². The summed E-state index contributed by atoms with van der Waals surface area (Å²) in [6.45, 7) is 2.35. The van der Waals surface area contributed by atoms with E-state index in [-0.39, 0.29) is 12.6 Å². The van der Waals surface area contributed by atoms with Crippen molar-refractivity contribution in [3.63, 3.8) is 0 Å². The summed E-state index contributed by atoms with van der Waals surface area (Å²) in [5.74, 6) is 0. The first-order valence-corrected chi connectivity index (χ1v) is 5.50. The molecule has 13 heavy (non-hydrogen) atoms. The van der Waals surface area contributed by atoms with Gasteiger partial charge in [-0.15, -0.1) is 11.3 Å². The first-order valence-electron chi connectivity index (χ1n) is 4.68. The van der Waals surface area contributed by atoms with Gasteiger partial charge in [0.1, 0.15) is 0 Å². The summed E-state index contributed by atoms with van der Waals surface area (Å²) in [7, 11) is 1.88. The summed E-state index contributed by atoms with van der Waals surface area (Å²) in [5, 5.41) is 12.1. The van der Waals surface area contributed by atoms with Gasteiger partial charge in [0.25, 0.3) is 0 Å². The zero-order chi connectivity index (χ0) is 9.68. The number of nitrogens with one attached hydrogen (secondary N) is 1. The van der Waals surface area contributed by atoms with Crippen LogP contribution in [0.4, 0.5) is 0 Å². The Hall–Kier alpha value is -0.380. The number of aliphatic hydroxyl groups is 1. The molecule has 0 saturated carbocycles. The summed E-state index contributed by atoms with van der Waals surface area (Å²) in [4.78, 5) is 2.64. The molecule has 0 aromatic carbocycles. The highest BCUT2D eigenvalue weighted by molar-refractivity contribution is 7.12. The molecule has 1 heterocycles. The third kappa shape index (κ3) is 2.79. The van der Waals surface area contributed by atoms with E-state index in [1.165, 1.54) is 16.2 Å². The van der Waals surface area contributed by atoms with Gasteiger partial charge in [0.15, 0.2) is 0 Å². The molecule has 0 aliphatic rings. The van der Waals surface area contributed by atoms with Gasteiger partial charge in [-0.05, 0) is 25.6 Å². The lowest BCUT2D eigenvalue weighted by Crippen LogP contribution is -2.18. The van der Waals surface area contributed by atoms with Crippen LogP contribution in [-0.4, -0.2) is 18.8 Å². The fourth-order valence-corrected chi connectivity index (χ4v) is 2.50. The Balaban J connectivity index is 2.66. The molecule has 0 fully saturated rings. The lowest BCUT2D eigenvalue weighted by Gasteiger charge is -2.09. The molecule has 0 aliphatic carbocycles. The Morgan fingerprint density at radius 2 is 2.31 bits per heavy atom. The molecule has 0 aliphatic heterocycles. The molecule has 0 unspecified atom stereocenters. The fraction of sp³-hybridized carbons (Fsp3) is 0.600. The van der Waals surface area contributed by atoms with Gasteiger partial charge in [0.2, 0.25) is 0 Å². The van der Waals surface area contributed by atoms with E-state index in [0.717, 1.165) is 6.42 Å². The van der Waals surface area contributed by atoms with E-state index in [2.05, 4.69) is 24.4 Å². The topological polar surface area (TPSA) is 32.3 Å². The smallest absolute Gasteiger partial charge is 0.0647 e. The first-order chi connectivity index (χ1) is 6.31. The van der Waals surface area contributed by atoms with Crippen LogP contribution in [-0.2, 0) is 6.42 Å². The van der Waals surface area contributed by atoms with E-state index < -0.39 is 0 Å². The van der Waals surface area contributed by atoms with Crippen molar-refractivity contribution in [1.82, 2.24) is 5.32 Å². The van der Waals surface area contributed by atoms with Crippen LogP contribution in [0.3, 0.4) is 0 Å². The van der Waals surface area contributed by atoms with Gasteiger partial charge in [-0.25, -0.2) is 0 Å². The van der Waals surface area contributed by atoms with E-state index in [9.17, 15) is 0 Å². The molecule has 1 aromatic heterocycles. The number of thiophene rings is 1. The molecular formula is C10H17NOS. The van der Waals surface area contributed by atoms with Crippen LogP contribution in [0.5, 0.6) is 0 Å². The second-order valence-corrected chi connectivity index (χ2v) is 4.28. The van der Waals surface area contributed by atoms with Gasteiger partial charge in [0, 0.05) is 9.75 Å². The minimum absolute atomic E-state index is 0.107. The fourth-order valence-electron chi connectivity index (χ4n) is 1.29. The van der Waals surface area contributed by atoms with Crippen molar-refractivity contribution >= 4 is 11.3 Å². The van der Waals surface area contributed by atoms with Gasteiger partial charge < -0.3 is 10.4 Å². The Bertz CT molecular complexity index is 243. The summed E-state index contributed by atoms with van der Waals surface area (Å²) < 4.78 is 0. The van der Waals surface area contributed by atoms with Gasteiger partial charge in [-0.1, -0.05) is 13.3 Å². The second kappa shape index (κ2) is 5.37. The van der Waals surface area contributed by atoms with Gasteiger partial charge >= 0.3 is 0 Å². The normalized spacial score (nSPS) is 13.2. The minimum atomic E-state index is 0.107. The van der Waals surface area contributed by atoms with Gasteiger partial charge in [-0.3, -0.25) is 0 Å². The molecule has 0 spiro atoms.